The average molecular weight is 619 g/mol. The van der Waals surface area contributed by atoms with Gasteiger partial charge in [0.2, 0.25) is 0 Å². The third kappa shape index (κ3) is 18.2. The fourth-order valence-corrected chi connectivity index (χ4v) is 5.13. The molecule has 0 spiro atoms. The van der Waals surface area contributed by atoms with Gasteiger partial charge >= 0.3 is 23.9 Å². The Hall–Kier alpha value is -2.28. The summed E-state index contributed by atoms with van der Waals surface area (Å²) >= 11 is 0. The van der Waals surface area contributed by atoms with Gasteiger partial charge in [-0.2, -0.15) is 0 Å². The summed E-state index contributed by atoms with van der Waals surface area (Å²) in [5, 5.41) is 39.1. The molecule has 1 heterocycles. The molecule has 0 aliphatic carbocycles. The van der Waals surface area contributed by atoms with Crippen LogP contribution in [-0.4, -0.2) is 87.7 Å². The van der Waals surface area contributed by atoms with Crippen LogP contribution >= 0.6 is 0 Å². The van der Waals surface area contributed by atoms with E-state index in [9.17, 15) is 29.4 Å². The molecular formula is C31H54O12. The number of carboxylic acids is 2. The van der Waals surface area contributed by atoms with E-state index in [0.717, 1.165) is 57.8 Å². The van der Waals surface area contributed by atoms with Crippen molar-refractivity contribution in [2.24, 2.45) is 0 Å². The molecule has 1 fully saturated rings. The van der Waals surface area contributed by atoms with E-state index < -0.39 is 61.0 Å². The van der Waals surface area contributed by atoms with Crippen LogP contribution in [0.1, 0.15) is 129 Å². The minimum atomic E-state index is -1.66. The van der Waals surface area contributed by atoms with Gasteiger partial charge in [-0.3, -0.25) is 19.2 Å². The Morgan fingerprint density at radius 3 is 1.79 bits per heavy atom. The van der Waals surface area contributed by atoms with E-state index in [2.05, 4.69) is 6.92 Å². The first kappa shape index (κ1) is 38.7. The summed E-state index contributed by atoms with van der Waals surface area (Å²) in [5.41, 5.74) is 0. The number of carboxylic acid groups (broad SMARTS) is 2. The number of aliphatic hydroxyl groups excluding tert-OH is 2. The highest BCUT2D eigenvalue weighted by Gasteiger charge is 2.48. The lowest BCUT2D eigenvalue weighted by Gasteiger charge is -2.42. The minimum absolute atomic E-state index is 0.195. The summed E-state index contributed by atoms with van der Waals surface area (Å²) in [5.74, 6) is -3.88. The monoisotopic (exact) mass is 618 g/mol. The molecule has 1 aliphatic heterocycles. The van der Waals surface area contributed by atoms with Crippen molar-refractivity contribution in [2.45, 2.75) is 166 Å². The SMILES string of the molecule is CCCCCCCCCC(CCCCCCCCCC(=O)O)O[C@H]1O[C@@H](COC(C)=O)[C@H](O)[C@@H](O)[C@H]1OC(=O)CC(=O)O. The Morgan fingerprint density at radius 2 is 1.28 bits per heavy atom. The molecule has 1 aliphatic rings. The predicted molar refractivity (Wildman–Crippen MR) is 156 cm³/mol. The smallest absolute Gasteiger partial charge is 0.317 e. The van der Waals surface area contributed by atoms with E-state index in [1.54, 1.807) is 0 Å². The van der Waals surface area contributed by atoms with Crippen molar-refractivity contribution in [1.82, 2.24) is 0 Å². The van der Waals surface area contributed by atoms with Gasteiger partial charge in [-0.15, -0.1) is 0 Å². The summed E-state index contributed by atoms with van der Waals surface area (Å²) in [6.07, 6.45) is 7.37. The fraction of sp³-hybridized carbons (Fsp3) is 0.871. The van der Waals surface area contributed by atoms with Gasteiger partial charge in [-0.05, 0) is 19.3 Å². The molecule has 12 nitrogen and oxygen atoms in total. The molecule has 0 aromatic carbocycles. The van der Waals surface area contributed by atoms with Crippen LogP contribution in [0.3, 0.4) is 0 Å². The van der Waals surface area contributed by atoms with Crippen LogP contribution in [0.25, 0.3) is 0 Å². The largest absolute Gasteiger partial charge is 0.481 e. The molecule has 0 aromatic rings. The number of hydrogen-bond donors (Lipinski definition) is 4. The standard InChI is InChI=1S/C31H54O12/c1-3-4-5-6-8-11-14-17-23(18-15-12-9-7-10-13-16-19-25(33)34)41-31-30(43-27(37)20-26(35)36)29(39)28(38)24(42-31)21-40-22(2)32/h23-24,28-31,38-39H,3-21H2,1-2H3,(H,33,34)(H,35,36)/t23?,24-,28-,29+,30+,31-/m0/s1. The lowest BCUT2D eigenvalue weighted by Crippen LogP contribution is -2.61. The van der Waals surface area contributed by atoms with Crippen LogP contribution < -0.4 is 0 Å². The molecule has 43 heavy (non-hydrogen) atoms. The van der Waals surface area contributed by atoms with E-state index >= 15 is 0 Å². The molecule has 1 unspecified atom stereocenters. The maximum Gasteiger partial charge on any atom is 0.317 e. The van der Waals surface area contributed by atoms with Crippen molar-refractivity contribution in [2.75, 3.05) is 6.61 Å². The van der Waals surface area contributed by atoms with Gasteiger partial charge in [0.05, 0.1) is 6.10 Å². The summed E-state index contributed by atoms with van der Waals surface area (Å²) < 4.78 is 22.4. The summed E-state index contributed by atoms with van der Waals surface area (Å²) in [6, 6.07) is 0. The van der Waals surface area contributed by atoms with Gasteiger partial charge in [-0.25, -0.2) is 0 Å². The molecule has 0 amide bonds. The fourth-order valence-electron chi connectivity index (χ4n) is 5.13. The van der Waals surface area contributed by atoms with E-state index in [1.165, 1.54) is 32.6 Å². The summed E-state index contributed by atoms with van der Waals surface area (Å²) in [4.78, 5) is 45.2. The van der Waals surface area contributed by atoms with Gasteiger partial charge in [0.1, 0.15) is 31.3 Å². The lowest BCUT2D eigenvalue weighted by molar-refractivity contribution is -0.315. The van der Waals surface area contributed by atoms with E-state index in [1.807, 2.05) is 0 Å². The van der Waals surface area contributed by atoms with Crippen LogP contribution in [0.2, 0.25) is 0 Å². The van der Waals surface area contributed by atoms with Gasteiger partial charge in [-0.1, -0.05) is 90.4 Å². The summed E-state index contributed by atoms with van der Waals surface area (Å²) in [7, 11) is 0. The van der Waals surface area contributed by atoms with Crippen LogP contribution in [-0.2, 0) is 38.1 Å². The molecule has 0 radical (unpaired) electrons. The van der Waals surface area contributed by atoms with Crippen molar-refractivity contribution in [1.29, 1.82) is 0 Å². The van der Waals surface area contributed by atoms with E-state index in [0.29, 0.717) is 19.3 Å². The summed E-state index contributed by atoms with van der Waals surface area (Å²) in [6.45, 7) is 3.02. The van der Waals surface area contributed by atoms with Gasteiger partial charge in [0, 0.05) is 13.3 Å². The Morgan fingerprint density at radius 1 is 0.744 bits per heavy atom. The number of hydrogen-bond acceptors (Lipinski definition) is 10. The molecule has 0 aromatic heterocycles. The zero-order valence-corrected chi connectivity index (χ0v) is 26.0. The van der Waals surface area contributed by atoms with Crippen molar-refractivity contribution >= 4 is 23.9 Å². The zero-order chi connectivity index (χ0) is 32.0. The number of unbranched alkanes of at least 4 members (excludes halogenated alkanes) is 12. The van der Waals surface area contributed by atoms with Crippen LogP contribution in [0.15, 0.2) is 0 Å². The van der Waals surface area contributed by atoms with Crippen LogP contribution in [0.5, 0.6) is 0 Å². The molecule has 4 N–H and O–H groups in total. The van der Waals surface area contributed by atoms with Crippen molar-refractivity contribution < 1.29 is 58.6 Å². The van der Waals surface area contributed by atoms with Crippen molar-refractivity contribution in [3.05, 3.63) is 0 Å². The maximum absolute atomic E-state index is 12.2. The van der Waals surface area contributed by atoms with Crippen LogP contribution in [0.4, 0.5) is 0 Å². The molecule has 12 heteroatoms. The lowest BCUT2D eigenvalue weighted by atomic mass is 9.98. The Kier molecular flexibility index (Phi) is 20.9. The second-order valence-electron chi connectivity index (χ2n) is 11.4. The van der Waals surface area contributed by atoms with Crippen LogP contribution in [0, 0.1) is 0 Å². The topological polar surface area (TPSA) is 186 Å². The number of ether oxygens (including phenoxy) is 4. The Balaban J connectivity index is 2.84. The molecule has 1 rings (SSSR count). The minimum Gasteiger partial charge on any atom is -0.481 e. The number of aliphatic hydroxyl groups is 2. The normalized spacial score (nSPS) is 22.6. The Bertz CT molecular complexity index is 804. The Labute approximate surface area is 255 Å². The molecule has 6 atom stereocenters. The quantitative estimate of drug-likeness (QED) is 0.0638. The van der Waals surface area contributed by atoms with Gasteiger partial charge in [0.25, 0.3) is 0 Å². The van der Waals surface area contributed by atoms with Crippen molar-refractivity contribution in [3.8, 4) is 0 Å². The first-order chi connectivity index (χ1) is 20.5. The molecular weight excluding hydrogens is 564 g/mol. The average Bonchev–Trinajstić information content (AvgIpc) is 2.93. The third-order valence-electron chi connectivity index (χ3n) is 7.53. The second-order valence-corrected chi connectivity index (χ2v) is 11.4. The van der Waals surface area contributed by atoms with Gasteiger partial charge in [0.15, 0.2) is 12.4 Å². The maximum atomic E-state index is 12.2. The number of rotatable bonds is 25. The number of carbonyl (C=O) groups excluding carboxylic acids is 2. The van der Waals surface area contributed by atoms with Crippen molar-refractivity contribution in [3.63, 3.8) is 0 Å². The number of carbonyl (C=O) groups is 4. The van der Waals surface area contributed by atoms with Gasteiger partial charge < -0.3 is 39.4 Å². The zero-order valence-electron chi connectivity index (χ0n) is 26.0. The second kappa shape index (κ2) is 23.1. The van der Waals surface area contributed by atoms with E-state index in [-0.39, 0.29) is 19.1 Å². The van der Waals surface area contributed by atoms with E-state index in [4.69, 9.17) is 29.2 Å². The highest BCUT2D eigenvalue weighted by atomic mass is 16.7. The third-order valence-corrected chi connectivity index (χ3v) is 7.53. The number of esters is 2. The molecule has 0 saturated carbocycles. The molecule has 250 valence electrons. The first-order valence-corrected chi connectivity index (χ1v) is 16.0. The molecule has 1 saturated heterocycles. The molecule has 0 bridgehead atoms. The highest BCUT2D eigenvalue weighted by molar-refractivity contribution is 5.90. The number of aliphatic carboxylic acids is 2. The highest BCUT2D eigenvalue weighted by Crippen LogP contribution is 2.28. The predicted octanol–water partition coefficient (Wildman–Crippen LogP) is 4.50. The first-order valence-electron chi connectivity index (χ1n) is 16.0.